The second kappa shape index (κ2) is 7.46. The standard InChI is InChI=1S/C20H19FN2O3S/c1-14-7-10-19(18(21)11-14)22-20(24)13-23(2)27(25,26)17-9-8-15-5-3-4-6-16(15)12-17/h3-12H,13H2,1-2H3,(H,22,24). The summed E-state index contributed by atoms with van der Waals surface area (Å²) < 4.78 is 40.3. The molecule has 0 radical (unpaired) electrons. The fourth-order valence-corrected chi connectivity index (χ4v) is 3.87. The van der Waals surface area contributed by atoms with Gasteiger partial charge in [-0.2, -0.15) is 4.31 Å². The smallest absolute Gasteiger partial charge is 0.243 e. The summed E-state index contributed by atoms with van der Waals surface area (Å²) in [5.41, 5.74) is 0.739. The molecule has 0 heterocycles. The largest absolute Gasteiger partial charge is 0.322 e. The van der Waals surface area contributed by atoms with Crippen LogP contribution in [0, 0.1) is 12.7 Å². The van der Waals surface area contributed by atoms with Gasteiger partial charge in [0.1, 0.15) is 5.82 Å². The molecule has 0 unspecified atom stereocenters. The number of benzene rings is 3. The number of carbonyl (C=O) groups is 1. The molecule has 0 saturated carbocycles. The van der Waals surface area contributed by atoms with E-state index in [2.05, 4.69) is 5.32 Å². The van der Waals surface area contributed by atoms with Crippen molar-refractivity contribution in [3.05, 3.63) is 72.0 Å². The molecule has 5 nitrogen and oxygen atoms in total. The fourth-order valence-electron chi connectivity index (χ4n) is 2.71. The summed E-state index contributed by atoms with van der Waals surface area (Å²) in [5.74, 6) is -1.19. The maximum absolute atomic E-state index is 13.8. The zero-order valence-corrected chi connectivity index (χ0v) is 15.8. The summed E-state index contributed by atoms with van der Waals surface area (Å²) in [6, 6.07) is 16.6. The highest BCUT2D eigenvalue weighted by Crippen LogP contribution is 2.21. The van der Waals surface area contributed by atoms with Crippen LogP contribution in [0.1, 0.15) is 5.56 Å². The van der Waals surface area contributed by atoms with Gasteiger partial charge < -0.3 is 5.32 Å². The molecule has 7 heteroatoms. The van der Waals surface area contributed by atoms with E-state index < -0.39 is 28.3 Å². The van der Waals surface area contributed by atoms with E-state index in [4.69, 9.17) is 0 Å². The van der Waals surface area contributed by atoms with Crippen LogP contribution in [0.15, 0.2) is 65.6 Å². The highest BCUT2D eigenvalue weighted by Gasteiger charge is 2.23. The Balaban J connectivity index is 1.76. The summed E-state index contributed by atoms with van der Waals surface area (Å²) in [7, 11) is -2.54. The molecule has 0 spiro atoms. The zero-order chi connectivity index (χ0) is 19.6. The molecule has 0 fully saturated rings. The van der Waals surface area contributed by atoms with E-state index in [1.54, 1.807) is 25.1 Å². The van der Waals surface area contributed by atoms with Crippen LogP contribution in [0.25, 0.3) is 10.8 Å². The second-order valence-electron chi connectivity index (χ2n) is 6.30. The number of hydrogen-bond acceptors (Lipinski definition) is 3. The molecule has 1 amide bonds. The molecule has 0 aromatic heterocycles. The maximum atomic E-state index is 13.8. The number of fused-ring (bicyclic) bond motifs is 1. The molecule has 27 heavy (non-hydrogen) atoms. The number of aryl methyl sites for hydroxylation is 1. The first-order valence-corrected chi connectivity index (χ1v) is 9.72. The second-order valence-corrected chi connectivity index (χ2v) is 8.35. The van der Waals surface area contributed by atoms with Crippen LogP contribution in [-0.4, -0.2) is 32.2 Å². The first kappa shape index (κ1) is 19.0. The Morgan fingerprint density at radius 1 is 1.04 bits per heavy atom. The lowest BCUT2D eigenvalue weighted by Crippen LogP contribution is -2.35. The summed E-state index contributed by atoms with van der Waals surface area (Å²) in [6.07, 6.45) is 0. The lowest BCUT2D eigenvalue weighted by Gasteiger charge is -2.17. The highest BCUT2D eigenvalue weighted by atomic mass is 32.2. The van der Waals surface area contributed by atoms with E-state index in [0.717, 1.165) is 20.6 Å². The average molecular weight is 386 g/mol. The number of likely N-dealkylation sites (N-methyl/N-ethyl adjacent to an activating group) is 1. The number of amides is 1. The number of nitrogens with zero attached hydrogens (tertiary/aromatic N) is 1. The molecule has 1 N–H and O–H groups in total. The van der Waals surface area contributed by atoms with Gasteiger partial charge in [0.15, 0.2) is 0 Å². The normalized spacial score (nSPS) is 11.7. The number of halogens is 1. The van der Waals surface area contributed by atoms with E-state index in [0.29, 0.717) is 0 Å². The van der Waals surface area contributed by atoms with Gasteiger partial charge in [-0.3, -0.25) is 4.79 Å². The summed E-state index contributed by atoms with van der Waals surface area (Å²) in [4.78, 5) is 12.3. The number of sulfonamides is 1. The first-order valence-electron chi connectivity index (χ1n) is 8.28. The lowest BCUT2D eigenvalue weighted by atomic mass is 10.1. The summed E-state index contributed by atoms with van der Waals surface area (Å²) >= 11 is 0. The first-order chi connectivity index (χ1) is 12.8. The van der Waals surface area contributed by atoms with Crippen LogP contribution in [0.3, 0.4) is 0 Å². The van der Waals surface area contributed by atoms with Crippen molar-refractivity contribution in [3.63, 3.8) is 0 Å². The molecule has 0 atom stereocenters. The minimum Gasteiger partial charge on any atom is -0.322 e. The molecule has 0 bridgehead atoms. The number of carbonyl (C=O) groups excluding carboxylic acids is 1. The van der Waals surface area contributed by atoms with Gasteiger partial charge in [-0.1, -0.05) is 36.4 Å². The van der Waals surface area contributed by atoms with Gasteiger partial charge in [0.05, 0.1) is 17.1 Å². The summed E-state index contributed by atoms with van der Waals surface area (Å²) in [5, 5.41) is 4.11. The van der Waals surface area contributed by atoms with Gasteiger partial charge in [-0.25, -0.2) is 12.8 Å². The highest BCUT2D eigenvalue weighted by molar-refractivity contribution is 7.89. The predicted molar refractivity (Wildman–Crippen MR) is 104 cm³/mol. The van der Waals surface area contributed by atoms with Gasteiger partial charge in [0, 0.05) is 7.05 Å². The Kier molecular flexibility index (Phi) is 5.25. The van der Waals surface area contributed by atoms with E-state index in [1.165, 1.54) is 25.2 Å². The third-order valence-electron chi connectivity index (χ3n) is 4.19. The molecule has 0 aliphatic carbocycles. The van der Waals surface area contributed by atoms with Crippen molar-refractivity contribution in [2.75, 3.05) is 18.9 Å². The topological polar surface area (TPSA) is 66.5 Å². The average Bonchev–Trinajstić information content (AvgIpc) is 2.63. The quantitative estimate of drug-likeness (QED) is 0.729. The van der Waals surface area contributed by atoms with Crippen molar-refractivity contribution in [2.45, 2.75) is 11.8 Å². The molecule has 3 rings (SSSR count). The maximum Gasteiger partial charge on any atom is 0.243 e. The fraction of sp³-hybridized carbons (Fsp3) is 0.150. The number of hydrogen-bond donors (Lipinski definition) is 1. The number of anilines is 1. The van der Waals surface area contributed by atoms with Crippen molar-refractivity contribution >= 4 is 32.4 Å². The molecular formula is C20H19FN2O3S. The van der Waals surface area contributed by atoms with Crippen LogP contribution in [0.2, 0.25) is 0 Å². The molecular weight excluding hydrogens is 367 g/mol. The SMILES string of the molecule is Cc1ccc(NC(=O)CN(C)S(=O)(=O)c2ccc3ccccc3c2)c(F)c1. The van der Waals surface area contributed by atoms with Crippen molar-refractivity contribution in [3.8, 4) is 0 Å². The zero-order valence-electron chi connectivity index (χ0n) is 14.9. The van der Waals surface area contributed by atoms with Gasteiger partial charge >= 0.3 is 0 Å². The van der Waals surface area contributed by atoms with Gasteiger partial charge in [-0.15, -0.1) is 0 Å². The molecule has 140 valence electrons. The van der Waals surface area contributed by atoms with Gasteiger partial charge in [-0.05, 0) is 47.5 Å². The monoisotopic (exact) mass is 386 g/mol. The Bertz CT molecular complexity index is 1110. The Hall–Kier alpha value is -2.77. The third-order valence-corrected chi connectivity index (χ3v) is 5.99. The number of rotatable bonds is 5. The predicted octanol–water partition coefficient (Wildman–Crippen LogP) is 3.55. The summed E-state index contributed by atoms with van der Waals surface area (Å²) in [6.45, 7) is 1.31. The Morgan fingerprint density at radius 2 is 1.74 bits per heavy atom. The van der Waals surface area contributed by atoms with Crippen molar-refractivity contribution in [1.29, 1.82) is 0 Å². The van der Waals surface area contributed by atoms with Crippen LogP contribution in [0.5, 0.6) is 0 Å². The van der Waals surface area contributed by atoms with Crippen molar-refractivity contribution in [2.24, 2.45) is 0 Å². The molecule has 0 aliphatic heterocycles. The van der Waals surface area contributed by atoms with Crippen LogP contribution in [0.4, 0.5) is 10.1 Å². The molecule has 0 aliphatic rings. The van der Waals surface area contributed by atoms with Crippen LogP contribution >= 0.6 is 0 Å². The minimum atomic E-state index is -3.86. The third kappa shape index (κ3) is 4.15. The van der Waals surface area contributed by atoms with Crippen LogP contribution in [-0.2, 0) is 14.8 Å². The van der Waals surface area contributed by atoms with Gasteiger partial charge in [0.25, 0.3) is 0 Å². The van der Waals surface area contributed by atoms with E-state index in [9.17, 15) is 17.6 Å². The van der Waals surface area contributed by atoms with Crippen LogP contribution < -0.4 is 5.32 Å². The van der Waals surface area contributed by atoms with Crippen molar-refractivity contribution < 1.29 is 17.6 Å². The van der Waals surface area contributed by atoms with Crippen molar-refractivity contribution in [1.82, 2.24) is 4.31 Å². The Labute approximate surface area is 157 Å². The Morgan fingerprint density at radius 3 is 2.44 bits per heavy atom. The minimum absolute atomic E-state index is 0.0158. The molecule has 3 aromatic rings. The van der Waals surface area contributed by atoms with E-state index in [1.807, 2.05) is 24.3 Å². The van der Waals surface area contributed by atoms with E-state index in [-0.39, 0.29) is 10.6 Å². The molecule has 0 saturated heterocycles. The van der Waals surface area contributed by atoms with Gasteiger partial charge in [0.2, 0.25) is 15.9 Å². The molecule has 3 aromatic carbocycles. The lowest BCUT2D eigenvalue weighted by molar-refractivity contribution is -0.116. The van der Waals surface area contributed by atoms with E-state index >= 15 is 0 Å². The number of nitrogens with one attached hydrogen (secondary N) is 1.